The summed E-state index contributed by atoms with van der Waals surface area (Å²) < 4.78 is 12.8. The molecule has 26 heavy (non-hydrogen) atoms. The van der Waals surface area contributed by atoms with Crippen LogP contribution in [0, 0.1) is 0 Å². The summed E-state index contributed by atoms with van der Waals surface area (Å²) >= 11 is 18.0. The molecule has 0 spiro atoms. The van der Waals surface area contributed by atoms with Crippen LogP contribution in [0.5, 0.6) is 5.75 Å². The Labute approximate surface area is 164 Å². The number of carbonyl (C=O) groups excluding carboxylic acids is 1. The maximum absolute atomic E-state index is 12.0. The molecule has 0 aliphatic heterocycles. The molecular formula is C18H13Cl3N2O3. The van der Waals surface area contributed by atoms with Gasteiger partial charge in [0, 0.05) is 18.3 Å². The Bertz CT molecular complexity index is 953. The lowest BCUT2D eigenvalue weighted by Crippen LogP contribution is -1.95. The molecule has 0 aliphatic carbocycles. The molecular weight excluding hydrogens is 399 g/mol. The highest BCUT2D eigenvalue weighted by Gasteiger charge is 2.11. The van der Waals surface area contributed by atoms with Crippen molar-refractivity contribution >= 4 is 46.7 Å². The fourth-order valence-electron chi connectivity index (χ4n) is 2.17. The number of aromatic nitrogens is 2. The number of furan rings is 1. The van der Waals surface area contributed by atoms with Gasteiger partial charge in [0.15, 0.2) is 11.5 Å². The molecule has 0 radical (unpaired) electrons. The molecule has 2 aromatic heterocycles. The largest absolute Gasteiger partial charge is 0.483 e. The molecule has 5 nitrogen and oxygen atoms in total. The minimum atomic E-state index is -0.160. The van der Waals surface area contributed by atoms with Gasteiger partial charge < -0.3 is 9.15 Å². The number of allylic oxidation sites excluding steroid dienone is 1. The fourth-order valence-corrected chi connectivity index (χ4v) is 3.10. The number of halogens is 3. The van der Waals surface area contributed by atoms with Crippen molar-refractivity contribution in [3.8, 4) is 5.75 Å². The quantitative estimate of drug-likeness (QED) is 0.400. The van der Waals surface area contributed by atoms with Gasteiger partial charge in [-0.05, 0) is 36.4 Å². The maximum Gasteiger partial charge on any atom is 0.189 e. The van der Waals surface area contributed by atoms with Crippen molar-refractivity contribution in [3.63, 3.8) is 0 Å². The van der Waals surface area contributed by atoms with E-state index < -0.39 is 0 Å². The van der Waals surface area contributed by atoms with E-state index in [4.69, 9.17) is 44.0 Å². The van der Waals surface area contributed by atoms with Crippen LogP contribution in [0.3, 0.4) is 0 Å². The summed E-state index contributed by atoms with van der Waals surface area (Å²) in [4.78, 5) is 12.0. The van der Waals surface area contributed by atoms with Gasteiger partial charge in [-0.3, -0.25) is 9.48 Å². The number of hydrogen-bond donors (Lipinski definition) is 0. The molecule has 3 rings (SSSR count). The van der Waals surface area contributed by atoms with E-state index in [2.05, 4.69) is 5.10 Å². The Balaban J connectivity index is 1.63. The number of ether oxygens (including phenoxy) is 1. The average Bonchev–Trinajstić information content (AvgIpc) is 3.20. The van der Waals surface area contributed by atoms with Crippen molar-refractivity contribution < 1.29 is 13.9 Å². The predicted molar refractivity (Wildman–Crippen MR) is 101 cm³/mol. The van der Waals surface area contributed by atoms with Gasteiger partial charge in [0.1, 0.15) is 18.1 Å². The maximum atomic E-state index is 12.0. The highest BCUT2D eigenvalue weighted by atomic mass is 35.5. The van der Waals surface area contributed by atoms with Crippen molar-refractivity contribution in [2.24, 2.45) is 7.05 Å². The molecule has 0 amide bonds. The summed E-state index contributed by atoms with van der Waals surface area (Å²) in [7, 11) is 1.75. The third kappa shape index (κ3) is 4.49. The Morgan fingerprint density at radius 3 is 2.65 bits per heavy atom. The predicted octanol–water partition coefficient (Wildman–Crippen LogP) is 5.45. The molecule has 0 aliphatic rings. The topological polar surface area (TPSA) is 57.3 Å². The van der Waals surface area contributed by atoms with Crippen LogP contribution in [0.2, 0.25) is 15.1 Å². The Hall–Kier alpha value is -2.21. The number of rotatable bonds is 6. The summed E-state index contributed by atoms with van der Waals surface area (Å²) in [5, 5.41) is 5.02. The summed E-state index contributed by atoms with van der Waals surface area (Å²) in [5.41, 5.74) is 0.505. The lowest BCUT2D eigenvalue weighted by molar-refractivity contribution is 0.104. The van der Waals surface area contributed by atoms with Crippen LogP contribution in [-0.2, 0) is 13.7 Å². The fraction of sp³-hybridized carbons (Fsp3) is 0.111. The second-order valence-electron chi connectivity index (χ2n) is 5.39. The Kier molecular flexibility index (Phi) is 5.71. The lowest BCUT2D eigenvalue weighted by atomic mass is 10.2. The summed E-state index contributed by atoms with van der Waals surface area (Å²) in [6.07, 6.45) is 6.16. The number of nitrogens with zero attached hydrogens (tertiary/aromatic N) is 2. The monoisotopic (exact) mass is 410 g/mol. The van der Waals surface area contributed by atoms with Crippen LogP contribution < -0.4 is 4.74 Å². The van der Waals surface area contributed by atoms with E-state index in [-0.39, 0.29) is 12.4 Å². The standard InChI is InChI=1S/C18H13Cl3N2O3/c1-23-9-11(8-22-23)17(24)5-4-13-2-3-14(26-13)10-25-18-15(20)6-12(19)7-16(18)21/h2-9H,10H2,1H3. The van der Waals surface area contributed by atoms with Crippen molar-refractivity contribution in [3.05, 3.63) is 74.9 Å². The molecule has 0 fully saturated rings. The highest BCUT2D eigenvalue weighted by molar-refractivity contribution is 6.40. The number of ketones is 1. The van der Waals surface area contributed by atoms with E-state index in [1.165, 1.54) is 12.3 Å². The Morgan fingerprint density at radius 2 is 2.00 bits per heavy atom. The van der Waals surface area contributed by atoms with Crippen LogP contribution in [0.25, 0.3) is 6.08 Å². The zero-order valence-electron chi connectivity index (χ0n) is 13.6. The second-order valence-corrected chi connectivity index (χ2v) is 6.64. The zero-order chi connectivity index (χ0) is 18.7. The van der Waals surface area contributed by atoms with Gasteiger partial charge in [-0.2, -0.15) is 5.10 Å². The van der Waals surface area contributed by atoms with Gasteiger partial charge >= 0.3 is 0 Å². The van der Waals surface area contributed by atoms with Crippen LogP contribution in [-0.4, -0.2) is 15.6 Å². The first kappa shape index (κ1) is 18.6. The first-order valence-electron chi connectivity index (χ1n) is 7.49. The minimum Gasteiger partial charge on any atom is -0.483 e. The van der Waals surface area contributed by atoms with E-state index in [1.807, 2.05) is 0 Å². The lowest BCUT2D eigenvalue weighted by Gasteiger charge is -2.08. The third-order valence-corrected chi connectivity index (χ3v) is 4.17. The molecule has 0 N–H and O–H groups in total. The second kappa shape index (κ2) is 7.99. The SMILES string of the molecule is Cn1cc(C(=O)C=Cc2ccc(COc3c(Cl)cc(Cl)cc3Cl)o2)cn1. The normalized spacial score (nSPS) is 11.2. The van der Waals surface area contributed by atoms with Crippen molar-refractivity contribution in [2.45, 2.75) is 6.61 Å². The van der Waals surface area contributed by atoms with Crippen molar-refractivity contribution in [1.82, 2.24) is 9.78 Å². The Morgan fingerprint density at radius 1 is 1.27 bits per heavy atom. The molecule has 8 heteroatoms. The smallest absolute Gasteiger partial charge is 0.189 e. The average molecular weight is 412 g/mol. The van der Waals surface area contributed by atoms with E-state index in [9.17, 15) is 4.79 Å². The molecule has 134 valence electrons. The van der Waals surface area contributed by atoms with Gasteiger partial charge in [-0.25, -0.2) is 0 Å². The first-order valence-corrected chi connectivity index (χ1v) is 8.63. The van der Waals surface area contributed by atoms with Gasteiger partial charge in [0.05, 0.1) is 21.8 Å². The molecule has 2 heterocycles. The van der Waals surface area contributed by atoms with Gasteiger partial charge in [0.25, 0.3) is 0 Å². The number of carbonyl (C=O) groups is 1. The summed E-state index contributed by atoms with van der Waals surface area (Å²) in [6.45, 7) is 0.130. The molecule has 0 bridgehead atoms. The number of hydrogen-bond acceptors (Lipinski definition) is 4. The van der Waals surface area contributed by atoms with Crippen LogP contribution in [0.15, 0.2) is 47.2 Å². The van der Waals surface area contributed by atoms with E-state index in [0.717, 1.165) is 0 Å². The van der Waals surface area contributed by atoms with Gasteiger partial charge in [-0.15, -0.1) is 0 Å². The minimum absolute atomic E-state index is 0.130. The third-order valence-electron chi connectivity index (χ3n) is 3.39. The van der Waals surface area contributed by atoms with Gasteiger partial charge in [0.2, 0.25) is 0 Å². The summed E-state index contributed by atoms with van der Waals surface area (Å²) in [6, 6.07) is 6.57. The van der Waals surface area contributed by atoms with Gasteiger partial charge in [-0.1, -0.05) is 34.8 Å². The van der Waals surface area contributed by atoms with E-state index in [0.29, 0.717) is 37.9 Å². The molecule has 3 aromatic rings. The number of aryl methyl sites for hydroxylation is 1. The van der Waals surface area contributed by atoms with Crippen LogP contribution >= 0.6 is 34.8 Å². The van der Waals surface area contributed by atoms with E-state index >= 15 is 0 Å². The molecule has 0 atom stereocenters. The van der Waals surface area contributed by atoms with Crippen LogP contribution in [0.1, 0.15) is 21.9 Å². The van der Waals surface area contributed by atoms with Crippen LogP contribution in [0.4, 0.5) is 0 Å². The highest BCUT2D eigenvalue weighted by Crippen LogP contribution is 2.36. The molecule has 1 aromatic carbocycles. The first-order chi connectivity index (χ1) is 12.4. The molecule has 0 saturated carbocycles. The van der Waals surface area contributed by atoms with Crippen molar-refractivity contribution in [2.75, 3.05) is 0 Å². The summed E-state index contributed by atoms with van der Waals surface area (Å²) in [5.74, 6) is 1.25. The molecule has 0 unspecified atom stereocenters. The van der Waals surface area contributed by atoms with E-state index in [1.54, 1.807) is 48.3 Å². The zero-order valence-corrected chi connectivity index (χ0v) is 15.8. The number of benzene rings is 1. The molecule has 0 saturated heterocycles. The van der Waals surface area contributed by atoms with Crippen molar-refractivity contribution in [1.29, 1.82) is 0 Å².